The first-order chi connectivity index (χ1) is 8.70. The third kappa shape index (κ3) is 3.16. The molecule has 18 heavy (non-hydrogen) atoms. The number of carboxylic acids is 1. The van der Waals surface area contributed by atoms with E-state index < -0.39 is 5.97 Å². The van der Waals surface area contributed by atoms with Crippen LogP contribution in [0, 0.1) is 0 Å². The predicted molar refractivity (Wildman–Crippen MR) is 74.4 cm³/mol. The van der Waals surface area contributed by atoms with E-state index in [1.807, 2.05) is 11.8 Å². The van der Waals surface area contributed by atoms with Crippen molar-refractivity contribution in [2.45, 2.75) is 37.0 Å². The van der Waals surface area contributed by atoms with Crippen LogP contribution < -0.4 is 5.32 Å². The van der Waals surface area contributed by atoms with Crippen LogP contribution in [-0.4, -0.2) is 33.6 Å². The van der Waals surface area contributed by atoms with Crippen LogP contribution in [0.15, 0.2) is 18.3 Å². The normalized spacial score (nSPS) is 23.6. The highest BCUT2D eigenvalue weighted by atomic mass is 32.2. The molecular weight excluding hydrogens is 248 g/mol. The zero-order chi connectivity index (χ0) is 13.0. The second kappa shape index (κ2) is 6.09. The number of thioether (sulfide) groups is 1. The maximum Gasteiger partial charge on any atom is 0.335 e. The van der Waals surface area contributed by atoms with E-state index in [0.717, 1.165) is 6.42 Å². The summed E-state index contributed by atoms with van der Waals surface area (Å²) in [4.78, 5) is 15.1. The van der Waals surface area contributed by atoms with Gasteiger partial charge in [-0.15, -0.1) is 0 Å². The Morgan fingerprint density at radius 1 is 1.50 bits per heavy atom. The van der Waals surface area contributed by atoms with E-state index in [1.165, 1.54) is 25.3 Å². The Bertz CT molecular complexity index is 425. The maximum atomic E-state index is 10.9. The lowest BCUT2D eigenvalue weighted by atomic mass is 9.95. The lowest BCUT2D eigenvalue weighted by Crippen LogP contribution is -2.34. The Balaban J connectivity index is 2.07. The molecule has 0 aliphatic heterocycles. The second-order valence-electron chi connectivity index (χ2n) is 4.54. The van der Waals surface area contributed by atoms with Gasteiger partial charge in [-0.2, -0.15) is 11.8 Å². The number of hydrogen-bond acceptors (Lipinski definition) is 4. The molecule has 1 aromatic heterocycles. The third-order valence-electron chi connectivity index (χ3n) is 3.35. The molecule has 0 radical (unpaired) electrons. The molecule has 5 heteroatoms. The van der Waals surface area contributed by atoms with E-state index in [9.17, 15) is 4.79 Å². The summed E-state index contributed by atoms with van der Waals surface area (Å²) in [6.45, 7) is 0. The molecule has 4 nitrogen and oxygen atoms in total. The summed E-state index contributed by atoms with van der Waals surface area (Å²) in [7, 11) is 0. The van der Waals surface area contributed by atoms with Gasteiger partial charge in [-0.3, -0.25) is 0 Å². The molecule has 1 aromatic rings. The van der Waals surface area contributed by atoms with Crippen molar-refractivity contribution in [3.05, 3.63) is 23.9 Å². The van der Waals surface area contributed by atoms with E-state index in [1.54, 1.807) is 12.3 Å². The largest absolute Gasteiger partial charge is 0.478 e. The molecule has 0 bridgehead atoms. The summed E-state index contributed by atoms with van der Waals surface area (Å²) in [6, 6.07) is 3.51. The topological polar surface area (TPSA) is 62.2 Å². The minimum atomic E-state index is -0.912. The van der Waals surface area contributed by atoms with Crippen molar-refractivity contribution in [2.24, 2.45) is 0 Å². The minimum absolute atomic E-state index is 0.281. The van der Waals surface area contributed by atoms with Gasteiger partial charge in [0.05, 0.1) is 5.56 Å². The van der Waals surface area contributed by atoms with Crippen LogP contribution in [0.25, 0.3) is 0 Å². The van der Waals surface area contributed by atoms with Gasteiger partial charge in [0, 0.05) is 17.5 Å². The Morgan fingerprint density at radius 3 is 3.00 bits per heavy atom. The molecule has 0 aromatic carbocycles. The molecule has 2 unspecified atom stereocenters. The maximum absolute atomic E-state index is 10.9. The van der Waals surface area contributed by atoms with Crippen LogP contribution in [0.3, 0.4) is 0 Å². The van der Waals surface area contributed by atoms with Crippen molar-refractivity contribution in [2.75, 3.05) is 11.6 Å². The third-order valence-corrected chi connectivity index (χ3v) is 4.52. The SMILES string of the molecule is CSC1CCCCC1Nc1cc(C(=O)O)ccn1. The van der Waals surface area contributed by atoms with Crippen molar-refractivity contribution in [3.8, 4) is 0 Å². The number of anilines is 1. The van der Waals surface area contributed by atoms with Gasteiger partial charge < -0.3 is 10.4 Å². The van der Waals surface area contributed by atoms with Crippen LogP contribution in [-0.2, 0) is 0 Å². The summed E-state index contributed by atoms with van der Waals surface area (Å²) in [5.41, 5.74) is 0.281. The fourth-order valence-electron chi connectivity index (χ4n) is 2.38. The standard InChI is InChI=1S/C13H18N2O2S/c1-18-11-5-3-2-4-10(11)15-12-8-9(13(16)17)6-7-14-12/h6-8,10-11H,2-5H2,1H3,(H,14,15)(H,16,17). The summed E-state index contributed by atoms with van der Waals surface area (Å²) < 4.78 is 0. The number of hydrogen-bond donors (Lipinski definition) is 2. The van der Waals surface area contributed by atoms with Gasteiger partial charge in [0.25, 0.3) is 0 Å². The van der Waals surface area contributed by atoms with Crippen LogP contribution in [0.5, 0.6) is 0 Å². The van der Waals surface area contributed by atoms with Crippen molar-refractivity contribution in [1.82, 2.24) is 4.98 Å². The molecule has 2 atom stereocenters. The lowest BCUT2D eigenvalue weighted by molar-refractivity contribution is 0.0697. The van der Waals surface area contributed by atoms with Gasteiger partial charge in [0.2, 0.25) is 0 Å². The average Bonchev–Trinajstić information content (AvgIpc) is 2.39. The van der Waals surface area contributed by atoms with E-state index >= 15 is 0 Å². The molecule has 2 N–H and O–H groups in total. The molecule has 1 fully saturated rings. The van der Waals surface area contributed by atoms with Gasteiger partial charge in [-0.05, 0) is 31.2 Å². The number of nitrogens with zero attached hydrogens (tertiary/aromatic N) is 1. The zero-order valence-electron chi connectivity index (χ0n) is 10.4. The molecule has 1 heterocycles. The Morgan fingerprint density at radius 2 is 2.28 bits per heavy atom. The smallest absolute Gasteiger partial charge is 0.335 e. The van der Waals surface area contributed by atoms with Gasteiger partial charge >= 0.3 is 5.97 Å². The molecule has 0 spiro atoms. The van der Waals surface area contributed by atoms with Gasteiger partial charge in [-0.25, -0.2) is 9.78 Å². The van der Waals surface area contributed by atoms with E-state index in [2.05, 4.69) is 16.6 Å². The highest BCUT2D eigenvalue weighted by molar-refractivity contribution is 7.99. The number of carboxylic acid groups (broad SMARTS) is 1. The van der Waals surface area contributed by atoms with Gasteiger partial charge in [-0.1, -0.05) is 12.8 Å². The lowest BCUT2D eigenvalue weighted by Gasteiger charge is -2.31. The highest BCUT2D eigenvalue weighted by Crippen LogP contribution is 2.29. The van der Waals surface area contributed by atoms with Crippen LogP contribution >= 0.6 is 11.8 Å². The molecule has 0 saturated heterocycles. The van der Waals surface area contributed by atoms with Gasteiger partial charge in [0.15, 0.2) is 0 Å². The van der Waals surface area contributed by atoms with Gasteiger partial charge in [0.1, 0.15) is 5.82 Å². The zero-order valence-corrected chi connectivity index (χ0v) is 11.2. The summed E-state index contributed by atoms with van der Waals surface area (Å²) in [5, 5.41) is 12.9. The van der Waals surface area contributed by atoms with E-state index in [4.69, 9.17) is 5.11 Å². The summed E-state index contributed by atoms with van der Waals surface area (Å²) in [5.74, 6) is -0.244. The number of nitrogens with one attached hydrogen (secondary N) is 1. The molecule has 98 valence electrons. The monoisotopic (exact) mass is 266 g/mol. The second-order valence-corrected chi connectivity index (χ2v) is 5.62. The number of aromatic carboxylic acids is 1. The number of pyridine rings is 1. The fourth-order valence-corrected chi connectivity index (χ4v) is 3.31. The van der Waals surface area contributed by atoms with Crippen LogP contribution in [0.2, 0.25) is 0 Å². The van der Waals surface area contributed by atoms with Crippen molar-refractivity contribution in [1.29, 1.82) is 0 Å². The average molecular weight is 266 g/mol. The minimum Gasteiger partial charge on any atom is -0.478 e. The highest BCUT2D eigenvalue weighted by Gasteiger charge is 2.24. The number of rotatable bonds is 4. The molecule has 1 aliphatic carbocycles. The van der Waals surface area contributed by atoms with Crippen LogP contribution in [0.1, 0.15) is 36.0 Å². The van der Waals surface area contributed by atoms with Crippen molar-refractivity contribution < 1.29 is 9.90 Å². The van der Waals surface area contributed by atoms with E-state index in [0.29, 0.717) is 17.1 Å². The Kier molecular flexibility index (Phi) is 4.47. The Labute approximate surface area is 111 Å². The molecule has 1 saturated carbocycles. The first kappa shape index (κ1) is 13.2. The summed E-state index contributed by atoms with van der Waals surface area (Å²) >= 11 is 1.88. The van der Waals surface area contributed by atoms with Crippen molar-refractivity contribution >= 4 is 23.5 Å². The Hall–Kier alpha value is -1.23. The van der Waals surface area contributed by atoms with E-state index in [-0.39, 0.29) is 5.56 Å². The quantitative estimate of drug-likeness (QED) is 0.877. The fraction of sp³-hybridized carbons (Fsp3) is 0.538. The van der Waals surface area contributed by atoms with Crippen LogP contribution in [0.4, 0.5) is 5.82 Å². The molecular formula is C13H18N2O2S. The first-order valence-electron chi connectivity index (χ1n) is 6.19. The molecule has 2 rings (SSSR count). The molecule has 0 amide bonds. The molecule has 1 aliphatic rings. The number of aromatic nitrogens is 1. The number of carbonyl (C=O) groups is 1. The van der Waals surface area contributed by atoms with Crippen molar-refractivity contribution in [3.63, 3.8) is 0 Å². The first-order valence-corrected chi connectivity index (χ1v) is 7.48. The summed E-state index contributed by atoms with van der Waals surface area (Å²) in [6.07, 6.45) is 8.54. The predicted octanol–water partition coefficient (Wildman–Crippen LogP) is 2.87.